The smallest absolute Gasteiger partial charge is 0.185 e. The molecule has 1 aromatic heterocycles. The first-order valence-corrected chi connectivity index (χ1v) is 6.18. The normalized spacial score (nSPS) is 10.4. The molecule has 0 aliphatic carbocycles. The van der Waals surface area contributed by atoms with Gasteiger partial charge in [-0.15, -0.1) is 0 Å². The van der Waals surface area contributed by atoms with Crippen molar-refractivity contribution in [3.63, 3.8) is 0 Å². The maximum absolute atomic E-state index is 13.0. The SMILES string of the molecule is O=Cc1ccc(-c2ccccc2-c2ccc(F)cc2)o1. The Morgan fingerprint density at radius 2 is 1.55 bits per heavy atom. The van der Waals surface area contributed by atoms with Gasteiger partial charge < -0.3 is 4.42 Å². The van der Waals surface area contributed by atoms with Crippen molar-refractivity contribution >= 4 is 6.29 Å². The van der Waals surface area contributed by atoms with Crippen molar-refractivity contribution in [2.45, 2.75) is 0 Å². The number of hydrogen-bond donors (Lipinski definition) is 0. The molecule has 2 nitrogen and oxygen atoms in total. The lowest BCUT2D eigenvalue weighted by molar-refractivity contribution is 0.110. The van der Waals surface area contributed by atoms with Gasteiger partial charge in [-0.1, -0.05) is 36.4 Å². The quantitative estimate of drug-likeness (QED) is 0.650. The molecule has 0 N–H and O–H groups in total. The molecule has 3 aromatic rings. The monoisotopic (exact) mass is 266 g/mol. The zero-order chi connectivity index (χ0) is 13.9. The second kappa shape index (κ2) is 5.13. The standard InChI is InChI=1S/C17H11FO2/c18-13-7-5-12(6-8-13)15-3-1-2-4-16(15)17-10-9-14(11-19)20-17/h1-11H. The summed E-state index contributed by atoms with van der Waals surface area (Å²) in [6.45, 7) is 0. The second-order valence-corrected chi connectivity index (χ2v) is 4.37. The van der Waals surface area contributed by atoms with Gasteiger partial charge in [0, 0.05) is 5.56 Å². The molecule has 0 unspecified atom stereocenters. The molecule has 0 atom stereocenters. The highest BCUT2D eigenvalue weighted by Gasteiger charge is 2.10. The number of carbonyl (C=O) groups is 1. The minimum Gasteiger partial charge on any atom is -0.453 e. The van der Waals surface area contributed by atoms with E-state index < -0.39 is 0 Å². The highest BCUT2D eigenvalue weighted by atomic mass is 19.1. The van der Waals surface area contributed by atoms with Crippen molar-refractivity contribution in [3.05, 3.63) is 72.2 Å². The number of hydrogen-bond acceptors (Lipinski definition) is 2. The largest absolute Gasteiger partial charge is 0.453 e. The van der Waals surface area contributed by atoms with Gasteiger partial charge >= 0.3 is 0 Å². The molecule has 2 aromatic carbocycles. The van der Waals surface area contributed by atoms with E-state index in [1.165, 1.54) is 12.1 Å². The third kappa shape index (κ3) is 2.26. The molecule has 0 spiro atoms. The lowest BCUT2D eigenvalue weighted by Gasteiger charge is -2.07. The number of benzene rings is 2. The van der Waals surface area contributed by atoms with Gasteiger partial charge in [-0.3, -0.25) is 4.79 Å². The van der Waals surface area contributed by atoms with Crippen LogP contribution in [-0.4, -0.2) is 6.29 Å². The van der Waals surface area contributed by atoms with Crippen LogP contribution in [0.5, 0.6) is 0 Å². The predicted octanol–water partition coefficient (Wildman–Crippen LogP) is 4.57. The van der Waals surface area contributed by atoms with Crippen LogP contribution >= 0.6 is 0 Å². The fourth-order valence-electron chi connectivity index (χ4n) is 2.14. The van der Waals surface area contributed by atoms with E-state index in [-0.39, 0.29) is 11.6 Å². The molecule has 0 bridgehead atoms. The molecule has 1 heterocycles. The highest BCUT2D eigenvalue weighted by molar-refractivity contribution is 5.82. The van der Waals surface area contributed by atoms with Gasteiger partial charge in [0.15, 0.2) is 12.0 Å². The van der Waals surface area contributed by atoms with E-state index in [1.807, 2.05) is 24.3 Å². The van der Waals surface area contributed by atoms with Gasteiger partial charge in [0.2, 0.25) is 0 Å². The molecule has 0 amide bonds. The van der Waals surface area contributed by atoms with E-state index in [2.05, 4.69) is 0 Å². The number of rotatable bonds is 3. The van der Waals surface area contributed by atoms with Crippen LogP contribution in [0.25, 0.3) is 22.5 Å². The molecule has 0 saturated carbocycles. The molecule has 0 saturated heterocycles. The third-order valence-electron chi connectivity index (χ3n) is 3.09. The fourth-order valence-corrected chi connectivity index (χ4v) is 2.14. The van der Waals surface area contributed by atoms with Crippen LogP contribution in [0, 0.1) is 5.82 Å². The molecule has 0 aliphatic rings. The van der Waals surface area contributed by atoms with Crippen LogP contribution in [0.15, 0.2) is 65.1 Å². The Morgan fingerprint density at radius 1 is 0.850 bits per heavy atom. The van der Waals surface area contributed by atoms with E-state index >= 15 is 0 Å². The van der Waals surface area contributed by atoms with Crippen LogP contribution < -0.4 is 0 Å². The molecular formula is C17H11FO2. The van der Waals surface area contributed by atoms with Crippen LogP contribution in [-0.2, 0) is 0 Å². The first-order valence-electron chi connectivity index (χ1n) is 6.18. The van der Waals surface area contributed by atoms with Gasteiger partial charge in [-0.2, -0.15) is 0 Å². The molecule has 20 heavy (non-hydrogen) atoms. The van der Waals surface area contributed by atoms with E-state index in [0.717, 1.165) is 16.7 Å². The second-order valence-electron chi connectivity index (χ2n) is 4.37. The minimum absolute atomic E-state index is 0.271. The maximum Gasteiger partial charge on any atom is 0.185 e. The average Bonchev–Trinajstić information content (AvgIpc) is 2.97. The summed E-state index contributed by atoms with van der Waals surface area (Å²) in [6.07, 6.45) is 0.671. The van der Waals surface area contributed by atoms with Gasteiger partial charge in [0.05, 0.1) is 0 Å². The van der Waals surface area contributed by atoms with Crippen molar-refractivity contribution in [2.75, 3.05) is 0 Å². The molecule has 0 radical (unpaired) electrons. The van der Waals surface area contributed by atoms with Crippen LogP contribution in [0.3, 0.4) is 0 Å². The molecule has 0 aliphatic heterocycles. The van der Waals surface area contributed by atoms with Gasteiger partial charge in [0.25, 0.3) is 0 Å². The molecule has 0 fully saturated rings. The van der Waals surface area contributed by atoms with E-state index in [9.17, 15) is 9.18 Å². The Hall–Kier alpha value is -2.68. The van der Waals surface area contributed by atoms with Crippen molar-refractivity contribution in [3.8, 4) is 22.5 Å². The van der Waals surface area contributed by atoms with Crippen molar-refractivity contribution in [2.24, 2.45) is 0 Å². The third-order valence-corrected chi connectivity index (χ3v) is 3.09. The minimum atomic E-state index is -0.271. The maximum atomic E-state index is 13.0. The zero-order valence-corrected chi connectivity index (χ0v) is 10.5. The Labute approximate surface area is 115 Å². The summed E-state index contributed by atoms with van der Waals surface area (Å²) < 4.78 is 18.5. The van der Waals surface area contributed by atoms with Crippen molar-refractivity contribution in [1.82, 2.24) is 0 Å². The number of halogens is 1. The summed E-state index contributed by atoms with van der Waals surface area (Å²) in [6, 6.07) is 17.3. The zero-order valence-electron chi connectivity index (χ0n) is 10.5. The summed E-state index contributed by atoms with van der Waals surface area (Å²) in [5.41, 5.74) is 2.69. The summed E-state index contributed by atoms with van der Waals surface area (Å²) >= 11 is 0. The molecular weight excluding hydrogens is 255 g/mol. The fraction of sp³-hybridized carbons (Fsp3) is 0. The number of carbonyl (C=O) groups excluding carboxylic acids is 1. The Bertz CT molecular complexity index is 742. The molecule has 3 heteroatoms. The van der Waals surface area contributed by atoms with Crippen LogP contribution in [0.1, 0.15) is 10.6 Å². The molecule has 98 valence electrons. The van der Waals surface area contributed by atoms with Crippen molar-refractivity contribution < 1.29 is 13.6 Å². The first-order chi connectivity index (χ1) is 9.78. The van der Waals surface area contributed by atoms with Crippen molar-refractivity contribution in [1.29, 1.82) is 0 Å². The van der Waals surface area contributed by atoms with E-state index in [0.29, 0.717) is 12.0 Å². The topological polar surface area (TPSA) is 30.2 Å². The van der Waals surface area contributed by atoms with Gasteiger partial charge in [0.1, 0.15) is 11.6 Å². The number of furan rings is 1. The summed E-state index contributed by atoms with van der Waals surface area (Å²) in [7, 11) is 0. The average molecular weight is 266 g/mol. The Kier molecular flexibility index (Phi) is 3.17. The highest BCUT2D eigenvalue weighted by Crippen LogP contribution is 2.32. The van der Waals surface area contributed by atoms with E-state index in [4.69, 9.17) is 4.42 Å². The summed E-state index contributed by atoms with van der Waals surface area (Å²) in [5, 5.41) is 0. The van der Waals surface area contributed by atoms with Crippen LogP contribution in [0.4, 0.5) is 4.39 Å². The van der Waals surface area contributed by atoms with Gasteiger partial charge in [-0.05, 0) is 35.4 Å². The lowest BCUT2D eigenvalue weighted by Crippen LogP contribution is -1.84. The summed E-state index contributed by atoms with van der Waals surface area (Å²) in [5.74, 6) is 0.633. The first kappa shape index (κ1) is 12.4. The Morgan fingerprint density at radius 3 is 2.20 bits per heavy atom. The van der Waals surface area contributed by atoms with Crippen LogP contribution in [0.2, 0.25) is 0 Å². The lowest BCUT2D eigenvalue weighted by atomic mass is 9.98. The summed E-state index contributed by atoms with van der Waals surface area (Å²) in [4.78, 5) is 10.7. The van der Waals surface area contributed by atoms with E-state index in [1.54, 1.807) is 24.3 Å². The predicted molar refractivity (Wildman–Crippen MR) is 74.9 cm³/mol. The number of aldehydes is 1. The Balaban J connectivity index is 2.12. The van der Waals surface area contributed by atoms with Gasteiger partial charge in [-0.25, -0.2) is 4.39 Å². The molecule has 3 rings (SSSR count).